The number of hydrogen-bond donors (Lipinski definition) is 0. The van der Waals surface area contributed by atoms with Gasteiger partial charge in [0.05, 0.1) is 29.0 Å². The van der Waals surface area contributed by atoms with Crippen LogP contribution in [0.1, 0.15) is 33.5 Å². The summed E-state index contributed by atoms with van der Waals surface area (Å²) in [5.74, 6) is -1.21. The van der Waals surface area contributed by atoms with E-state index in [1.54, 1.807) is 13.0 Å². The van der Waals surface area contributed by atoms with Crippen molar-refractivity contribution in [2.24, 2.45) is 0 Å². The highest BCUT2D eigenvalue weighted by atomic mass is 16.6. The molecule has 0 saturated heterocycles. The van der Waals surface area contributed by atoms with Crippen molar-refractivity contribution < 1.29 is 23.7 Å². The average molecular weight is 355 g/mol. The number of non-ortho nitro benzene ring substituents is 1. The molecule has 0 N–H and O–H groups in total. The highest BCUT2D eigenvalue weighted by Crippen LogP contribution is 2.20. The van der Waals surface area contributed by atoms with Gasteiger partial charge in [-0.25, -0.2) is 9.48 Å². The number of esters is 1. The fourth-order valence-electron chi connectivity index (χ4n) is 2.29. The van der Waals surface area contributed by atoms with Gasteiger partial charge in [-0.3, -0.25) is 14.9 Å². The van der Waals surface area contributed by atoms with Crippen LogP contribution in [-0.4, -0.2) is 33.1 Å². The molecular formula is C17H13N3O6. The van der Waals surface area contributed by atoms with Gasteiger partial charge in [-0.1, -0.05) is 0 Å². The number of carbonyl (C=O) groups excluding carboxylic acids is 2. The van der Waals surface area contributed by atoms with E-state index < -0.39 is 16.7 Å². The van der Waals surface area contributed by atoms with Gasteiger partial charge in [0.25, 0.3) is 5.69 Å². The number of ketones is 1. The third-order valence-electron chi connectivity index (χ3n) is 3.50. The van der Waals surface area contributed by atoms with Gasteiger partial charge in [0.15, 0.2) is 11.5 Å². The minimum atomic E-state index is -0.747. The summed E-state index contributed by atoms with van der Waals surface area (Å²) in [7, 11) is 0. The number of nitrogens with zero attached hydrogens (tertiary/aromatic N) is 3. The van der Waals surface area contributed by atoms with Crippen LogP contribution < -0.4 is 0 Å². The molecule has 0 bridgehead atoms. The average Bonchev–Trinajstić information content (AvgIpc) is 3.31. The van der Waals surface area contributed by atoms with Crippen molar-refractivity contribution >= 4 is 17.4 Å². The number of ether oxygens (including phenoxy) is 1. The Balaban J connectivity index is 2.04. The van der Waals surface area contributed by atoms with E-state index in [0.29, 0.717) is 5.69 Å². The summed E-state index contributed by atoms with van der Waals surface area (Å²) in [6.45, 7) is 1.76. The summed E-state index contributed by atoms with van der Waals surface area (Å²) in [4.78, 5) is 35.0. The Morgan fingerprint density at radius 3 is 2.58 bits per heavy atom. The first-order valence-electron chi connectivity index (χ1n) is 7.61. The maximum atomic E-state index is 12.6. The van der Waals surface area contributed by atoms with Crippen molar-refractivity contribution in [2.75, 3.05) is 6.61 Å². The molecule has 0 spiro atoms. The fraction of sp³-hybridized carbons (Fsp3) is 0.118. The molecule has 0 saturated carbocycles. The van der Waals surface area contributed by atoms with E-state index in [9.17, 15) is 19.7 Å². The molecule has 9 heteroatoms. The summed E-state index contributed by atoms with van der Waals surface area (Å²) in [6.07, 6.45) is 2.70. The quantitative estimate of drug-likeness (QED) is 0.289. The topological polar surface area (TPSA) is 117 Å². The Bertz CT molecular complexity index is 957. The van der Waals surface area contributed by atoms with Crippen LogP contribution in [0, 0.1) is 10.1 Å². The van der Waals surface area contributed by atoms with Crippen molar-refractivity contribution in [3.05, 3.63) is 76.0 Å². The molecule has 0 aliphatic carbocycles. The van der Waals surface area contributed by atoms with Crippen molar-refractivity contribution in [3.8, 4) is 5.69 Å². The molecule has 0 aliphatic heterocycles. The number of nitro groups is 1. The lowest BCUT2D eigenvalue weighted by molar-refractivity contribution is -0.384. The van der Waals surface area contributed by atoms with Crippen molar-refractivity contribution in [3.63, 3.8) is 0 Å². The van der Waals surface area contributed by atoms with Gasteiger partial charge < -0.3 is 9.15 Å². The number of aromatic nitrogens is 2. The first kappa shape index (κ1) is 17.1. The molecule has 132 valence electrons. The van der Waals surface area contributed by atoms with Gasteiger partial charge in [0, 0.05) is 18.3 Å². The van der Waals surface area contributed by atoms with Gasteiger partial charge in [0.1, 0.15) is 0 Å². The SMILES string of the molecule is CCOC(=O)c1nn(-c2ccc([N+](=O)[O-])cc2)cc1C(=O)c1ccco1. The summed E-state index contributed by atoms with van der Waals surface area (Å²) in [5.41, 5.74) is 0.210. The summed E-state index contributed by atoms with van der Waals surface area (Å²) < 4.78 is 11.3. The number of nitro benzene ring substituents is 1. The molecule has 3 rings (SSSR count). The second kappa shape index (κ2) is 7.01. The maximum Gasteiger partial charge on any atom is 0.359 e. The summed E-state index contributed by atoms with van der Waals surface area (Å²) in [6, 6.07) is 8.55. The van der Waals surface area contributed by atoms with Crippen LogP contribution in [0.15, 0.2) is 53.3 Å². The number of hydrogen-bond acceptors (Lipinski definition) is 7. The minimum Gasteiger partial charge on any atom is -0.461 e. The number of benzene rings is 1. The van der Waals surface area contributed by atoms with E-state index in [2.05, 4.69) is 5.10 Å². The summed E-state index contributed by atoms with van der Waals surface area (Å²) >= 11 is 0. The minimum absolute atomic E-state index is 0.0109. The van der Waals surface area contributed by atoms with Crippen LogP contribution in [0.4, 0.5) is 5.69 Å². The predicted molar refractivity (Wildman–Crippen MR) is 88.3 cm³/mol. The molecular weight excluding hydrogens is 342 g/mol. The highest BCUT2D eigenvalue weighted by Gasteiger charge is 2.26. The van der Waals surface area contributed by atoms with Crippen LogP contribution in [-0.2, 0) is 4.74 Å². The molecule has 0 atom stereocenters. The predicted octanol–water partition coefficient (Wildman–Crippen LogP) is 2.78. The number of rotatable bonds is 6. The lowest BCUT2D eigenvalue weighted by atomic mass is 10.1. The molecule has 26 heavy (non-hydrogen) atoms. The molecule has 1 aromatic carbocycles. The van der Waals surface area contributed by atoms with Crippen LogP contribution in [0.3, 0.4) is 0 Å². The number of furan rings is 1. The van der Waals surface area contributed by atoms with Crippen LogP contribution in [0.2, 0.25) is 0 Å². The van der Waals surface area contributed by atoms with Crippen LogP contribution in [0.5, 0.6) is 0 Å². The van der Waals surface area contributed by atoms with E-state index in [-0.39, 0.29) is 29.3 Å². The molecule has 0 fully saturated rings. The van der Waals surface area contributed by atoms with Gasteiger partial charge in [-0.05, 0) is 31.2 Å². The van der Waals surface area contributed by atoms with Crippen molar-refractivity contribution in [1.29, 1.82) is 0 Å². The molecule has 0 radical (unpaired) electrons. The number of carbonyl (C=O) groups is 2. The zero-order valence-electron chi connectivity index (χ0n) is 13.6. The van der Waals surface area contributed by atoms with E-state index in [0.717, 1.165) is 0 Å². The van der Waals surface area contributed by atoms with Crippen LogP contribution >= 0.6 is 0 Å². The van der Waals surface area contributed by atoms with E-state index in [1.165, 1.54) is 47.5 Å². The smallest absolute Gasteiger partial charge is 0.359 e. The lowest BCUT2D eigenvalue weighted by Crippen LogP contribution is -2.11. The molecule has 9 nitrogen and oxygen atoms in total. The highest BCUT2D eigenvalue weighted by molar-refractivity contribution is 6.12. The van der Waals surface area contributed by atoms with E-state index >= 15 is 0 Å². The molecule has 0 unspecified atom stereocenters. The zero-order chi connectivity index (χ0) is 18.7. The Morgan fingerprint density at radius 1 is 1.27 bits per heavy atom. The second-order valence-corrected chi connectivity index (χ2v) is 5.14. The van der Waals surface area contributed by atoms with Gasteiger partial charge >= 0.3 is 5.97 Å². The van der Waals surface area contributed by atoms with Gasteiger partial charge in [-0.2, -0.15) is 5.10 Å². The molecule has 2 aromatic heterocycles. The Kier molecular flexibility index (Phi) is 4.61. The lowest BCUT2D eigenvalue weighted by Gasteiger charge is -2.01. The largest absolute Gasteiger partial charge is 0.461 e. The monoisotopic (exact) mass is 355 g/mol. The normalized spacial score (nSPS) is 10.5. The molecule has 3 aromatic rings. The third-order valence-corrected chi connectivity index (χ3v) is 3.50. The Hall–Kier alpha value is -3.75. The van der Waals surface area contributed by atoms with Gasteiger partial charge in [-0.15, -0.1) is 0 Å². The van der Waals surface area contributed by atoms with E-state index in [4.69, 9.17) is 9.15 Å². The van der Waals surface area contributed by atoms with Crippen molar-refractivity contribution in [2.45, 2.75) is 6.92 Å². The van der Waals surface area contributed by atoms with Crippen LogP contribution in [0.25, 0.3) is 5.69 Å². The second-order valence-electron chi connectivity index (χ2n) is 5.14. The zero-order valence-corrected chi connectivity index (χ0v) is 13.6. The maximum absolute atomic E-state index is 12.6. The summed E-state index contributed by atoms with van der Waals surface area (Å²) in [5, 5.41) is 14.9. The standard InChI is InChI=1S/C17H13N3O6/c1-2-25-17(22)15-13(16(21)14-4-3-9-26-14)10-19(18-15)11-5-7-12(8-6-11)20(23)24/h3-10H,2H2,1H3. The molecule has 0 amide bonds. The fourth-order valence-corrected chi connectivity index (χ4v) is 2.29. The van der Waals surface area contributed by atoms with Gasteiger partial charge in [0.2, 0.25) is 5.78 Å². The Labute approximate surface area is 146 Å². The Morgan fingerprint density at radius 2 is 2.00 bits per heavy atom. The first-order valence-corrected chi connectivity index (χ1v) is 7.61. The van der Waals surface area contributed by atoms with E-state index in [1.807, 2.05) is 0 Å². The first-order chi connectivity index (χ1) is 12.5. The third kappa shape index (κ3) is 3.22. The molecule has 0 aliphatic rings. The van der Waals surface area contributed by atoms with Crippen molar-refractivity contribution in [1.82, 2.24) is 9.78 Å². The molecule has 2 heterocycles.